The van der Waals surface area contributed by atoms with Gasteiger partial charge in [0.2, 0.25) is 0 Å². The lowest BCUT2D eigenvalue weighted by Crippen LogP contribution is -1.96. The molecule has 1 aromatic heterocycles. The number of nitrogens with zero attached hydrogens (tertiary/aromatic N) is 1. The van der Waals surface area contributed by atoms with E-state index in [4.69, 9.17) is 5.11 Å². The number of carbonyl (C=O) groups is 1. The number of carboxylic acids is 1. The summed E-state index contributed by atoms with van der Waals surface area (Å²) < 4.78 is 1.06. The summed E-state index contributed by atoms with van der Waals surface area (Å²) in [4.78, 5) is 14.8. The molecule has 0 aliphatic carbocycles. The Morgan fingerprint density at radius 1 is 1.22 bits per heavy atom. The molecule has 0 radical (unpaired) electrons. The van der Waals surface area contributed by atoms with Crippen molar-refractivity contribution in [2.75, 3.05) is 0 Å². The molecule has 2 aromatic rings. The maximum atomic E-state index is 10.7. The number of hydrogen-bond donors (Lipinski definition) is 1. The molecule has 0 unspecified atom stereocenters. The van der Waals surface area contributed by atoms with Gasteiger partial charge in [0.05, 0.1) is 10.6 Å². The van der Waals surface area contributed by atoms with Crippen LogP contribution in [0.1, 0.15) is 15.9 Å². The average Bonchev–Trinajstić information content (AvgIpc) is 2.38. The third-order valence-corrected chi connectivity index (χ3v) is 3.83. The Labute approximate surface area is 117 Å². The molecule has 0 bridgehead atoms. The van der Waals surface area contributed by atoms with E-state index >= 15 is 0 Å². The Balaban J connectivity index is 1.97. The summed E-state index contributed by atoms with van der Waals surface area (Å²) in [7, 11) is 0. The predicted octanol–water partition coefficient (Wildman–Crippen LogP) is 3.83. The minimum Gasteiger partial charge on any atom is -0.478 e. The lowest BCUT2D eigenvalue weighted by molar-refractivity contribution is 0.0696. The van der Waals surface area contributed by atoms with Crippen LogP contribution in [0.25, 0.3) is 0 Å². The van der Waals surface area contributed by atoms with Gasteiger partial charge in [-0.15, -0.1) is 11.8 Å². The Morgan fingerprint density at radius 2 is 1.94 bits per heavy atom. The third-order valence-electron chi connectivity index (χ3n) is 2.28. The minimum atomic E-state index is -0.952. The number of benzene rings is 1. The summed E-state index contributed by atoms with van der Waals surface area (Å²) in [6.45, 7) is 0. The van der Waals surface area contributed by atoms with Gasteiger partial charge >= 0.3 is 5.97 Å². The number of pyridine rings is 1. The lowest BCUT2D eigenvalue weighted by Gasteiger charge is -2.02. The zero-order valence-corrected chi connectivity index (χ0v) is 11.7. The molecule has 5 heteroatoms. The van der Waals surface area contributed by atoms with E-state index in [0.717, 1.165) is 15.3 Å². The number of rotatable bonds is 4. The fourth-order valence-electron chi connectivity index (χ4n) is 1.33. The molecular weight excluding hydrogens is 314 g/mol. The van der Waals surface area contributed by atoms with E-state index in [2.05, 4.69) is 20.9 Å². The summed E-state index contributed by atoms with van der Waals surface area (Å²) in [5, 5.41) is 9.58. The number of hydrogen-bond acceptors (Lipinski definition) is 3. The highest BCUT2D eigenvalue weighted by atomic mass is 79.9. The summed E-state index contributed by atoms with van der Waals surface area (Å²) in [5.41, 5.74) is 1.41. The fourth-order valence-corrected chi connectivity index (χ4v) is 2.39. The minimum absolute atomic E-state index is 0.211. The monoisotopic (exact) mass is 323 g/mol. The normalized spacial score (nSPS) is 10.3. The van der Waals surface area contributed by atoms with E-state index in [1.165, 1.54) is 11.8 Å². The maximum Gasteiger partial charge on any atom is 0.337 e. The van der Waals surface area contributed by atoms with Crippen molar-refractivity contribution in [2.24, 2.45) is 0 Å². The van der Waals surface area contributed by atoms with Crippen LogP contribution in [0.3, 0.4) is 0 Å². The standard InChI is InChI=1S/C13H10BrNO2S/c14-11-4-1-9(2-5-11)8-18-12-6-3-10(7-15-12)13(16)17/h1-7H,8H2,(H,16,17). The van der Waals surface area contributed by atoms with Crippen molar-refractivity contribution in [3.05, 3.63) is 58.2 Å². The van der Waals surface area contributed by atoms with Crippen LogP contribution >= 0.6 is 27.7 Å². The van der Waals surface area contributed by atoms with Crippen LogP contribution in [0, 0.1) is 0 Å². The number of aromatic nitrogens is 1. The molecule has 0 spiro atoms. The molecule has 0 aliphatic rings. The average molecular weight is 324 g/mol. The number of thioether (sulfide) groups is 1. The Hall–Kier alpha value is -1.33. The molecule has 92 valence electrons. The van der Waals surface area contributed by atoms with Crippen LogP contribution in [0.2, 0.25) is 0 Å². The van der Waals surface area contributed by atoms with Gasteiger partial charge in [0, 0.05) is 16.4 Å². The molecule has 0 saturated heterocycles. The first kappa shape index (κ1) is 13.1. The molecule has 18 heavy (non-hydrogen) atoms. The molecule has 0 atom stereocenters. The molecule has 0 fully saturated rings. The van der Waals surface area contributed by atoms with Crippen molar-refractivity contribution < 1.29 is 9.90 Å². The van der Waals surface area contributed by atoms with Gasteiger partial charge in [0.1, 0.15) is 0 Å². The molecule has 3 nitrogen and oxygen atoms in total. The molecule has 1 N–H and O–H groups in total. The highest BCUT2D eigenvalue weighted by Crippen LogP contribution is 2.22. The second-order valence-electron chi connectivity index (χ2n) is 3.61. The van der Waals surface area contributed by atoms with E-state index in [1.807, 2.05) is 24.3 Å². The van der Waals surface area contributed by atoms with Crippen LogP contribution in [0.4, 0.5) is 0 Å². The van der Waals surface area contributed by atoms with Gasteiger partial charge in [0.25, 0.3) is 0 Å². The molecule has 0 amide bonds. The Kier molecular flexibility index (Phi) is 4.38. The van der Waals surface area contributed by atoms with E-state index in [0.29, 0.717) is 0 Å². The van der Waals surface area contributed by atoms with E-state index < -0.39 is 5.97 Å². The second-order valence-corrected chi connectivity index (χ2v) is 5.52. The molecule has 2 rings (SSSR count). The fraction of sp³-hybridized carbons (Fsp3) is 0.0769. The van der Waals surface area contributed by atoms with Gasteiger partial charge in [-0.3, -0.25) is 0 Å². The molecule has 0 saturated carbocycles. The van der Waals surface area contributed by atoms with Crippen LogP contribution in [-0.2, 0) is 5.75 Å². The third kappa shape index (κ3) is 3.58. The maximum absolute atomic E-state index is 10.7. The van der Waals surface area contributed by atoms with E-state index in [1.54, 1.807) is 23.9 Å². The summed E-state index contributed by atoms with van der Waals surface area (Å²) in [6.07, 6.45) is 1.38. The van der Waals surface area contributed by atoms with Crippen LogP contribution < -0.4 is 0 Å². The van der Waals surface area contributed by atoms with Gasteiger partial charge in [-0.2, -0.15) is 0 Å². The Morgan fingerprint density at radius 3 is 2.50 bits per heavy atom. The zero-order valence-electron chi connectivity index (χ0n) is 9.34. The van der Waals surface area contributed by atoms with Crippen molar-refractivity contribution in [2.45, 2.75) is 10.8 Å². The number of halogens is 1. The van der Waals surface area contributed by atoms with Crippen molar-refractivity contribution in [3.63, 3.8) is 0 Å². The first-order valence-electron chi connectivity index (χ1n) is 5.22. The molecular formula is C13H10BrNO2S. The van der Waals surface area contributed by atoms with Gasteiger partial charge in [-0.1, -0.05) is 28.1 Å². The van der Waals surface area contributed by atoms with E-state index in [-0.39, 0.29) is 5.56 Å². The predicted molar refractivity (Wildman–Crippen MR) is 74.9 cm³/mol. The smallest absolute Gasteiger partial charge is 0.337 e. The van der Waals surface area contributed by atoms with Gasteiger partial charge < -0.3 is 5.11 Å². The van der Waals surface area contributed by atoms with Gasteiger partial charge in [0.15, 0.2) is 0 Å². The van der Waals surface area contributed by atoms with Crippen LogP contribution in [0.5, 0.6) is 0 Å². The largest absolute Gasteiger partial charge is 0.478 e. The van der Waals surface area contributed by atoms with Gasteiger partial charge in [-0.05, 0) is 29.8 Å². The van der Waals surface area contributed by atoms with Crippen molar-refractivity contribution in [1.82, 2.24) is 4.98 Å². The highest BCUT2D eigenvalue weighted by Gasteiger charge is 2.03. The first-order valence-corrected chi connectivity index (χ1v) is 6.99. The quantitative estimate of drug-likeness (QED) is 0.868. The SMILES string of the molecule is O=C(O)c1ccc(SCc2ccc(Br)cc2)nc1. The Bertz CT molecular complexity index is 540. The molecule has 1 aromatic carbocycles. The topological polar surface area (TPSA) is 50.2 Å². The lowest BCUT2D eigenvalue weighted by atomic mass is 10.2. The van der Waals surface area contributed by atoms with Crippen LogP contribution in [0.15, 0.2) is 52.1 Å². The van der Waals surface area contributed by atoms with Crippen molar-refractivity contribution in [1.29, 1.82) is 0 Å². The summed E-state index contributed by atoms with van der Waals surface area (Å²) >= 11 is 4.97. The van der Waals surface area contributed by atoms with Crippen molar-refractivity contribution in [3.8, 4) is 0 Å². The molecule has 1 heterocycles. The second kappa shape index (κ2) is 6.02. The van der Waals surface area contributed by atoms with Crippen molar-refractivity contribution >= 4 is 33.7 Å². The van der Waals surface area contributed by atoms with E-state index in [9.17, 15) is 4.79 Å². The van der Waals surface area contributed by atoms with Gasteiger partial charge in [-0.25, -0.2) is 9.78 Å². The zero-order chi connectivity index (χ0) is 13.0. The number of aromatic carboxylic acids is 1. The summed E-state index contributed by atoms with van der Waals surface area (Å²) in [6, 6.07) is 11.4. The molecule has 0 aliphatic heterocycles. The van der Waals surface area contributed by atoms with Crippen LogP contribution in [-0.4, -0.2) is 16.1 Å². The summed E-state index contributed by atoms with van der Waals surface area (Å²) in [5.74, 6) is -0.140. The number of carboxylic acid groups (broad SMARTS) is 1. The first-order chi connectivity index (χ1) is 8.65. The highest BCUT2D eigenvalue weighted by molar-refractivity contribution is 9.10.